The van der Waals surface area contributed by atoms with Crippen LogP contribution in [0.5, 0.6) is 6.01 Å². The van der Waals surface area contributed by atoms with Gasteiger partial charge in [-0.2, -0.15) is 15.1 Å². The Labute approximate surface area is 151 Å². The predicted octanol–water partition coefficient (Wildman–Crippen LogP) is 2.48. The van der Waals surface area contributed by atoms with Gasteiger partial charge in [0.1, 0.15) is 0 Å². The third-order valence-electron chi connectivity index (χ3n) is 3.68. The maximum atomic E-state index is 12.7. The molecule has 0 spiro atoms. The van der Waals surface area contributed by atoms with Crippen molar-refractivity contribution in [3.8, 4) is 11.7 Å². The van der Waals surface area contributed by atoms with Crippen molar-refractivity contribution < 1.29 is 13.2 Å². The first-order valence-corrected chi connectivity index (χ1v) is 9.50. The van der Waals surface area contributed by atoms with Gasteiger partial charge in [0.05, 0.1) is 34.3 Å². The van der Waals surface area contributed by atoms with Gasteiger partial charge >= 0.3 is 6.01 Å². The van der Waals surface area contributed by atoms with E-state index in [0.717, 1.165) is 5.69 Å². The van der Waals surface area contributed by atoms with Crippen LogP contribution in [-0.2, 0) is 10.0 Å². The van der Waals surface area contributed by atoms with Gasteiger partial charge in [-0.25, -0.2) is 13.1 Å². The van der Waals surface area contributed by atoms with E-state index in [4.69, 9.17) is 4.74 Å². The van der Waals surface area contributed by atoms with E-state index in [0.29, 0.717) is 23.7 Å². The van der Waals surface area contributed by atoms with Crippen molar-refractivity contribution in [1.29, 1.82) is 0 Å². The lowest BCUT2D eigenvalue weighted by molar-refractivity contribution is 0.311. The third-order valence-corrected chi connectivity index (χ3v) is 5.04. The fourth-order valence-electron chi connectivity index (χ4n) is 2.42. The highest BCUT2D eigenvalue weighted by molar-refractivity contribution is 7.92. The monoisotopic (exact) mass is 373 g/mol. The summed E-state index contributed by atoms with van der Waals surface area (Å²) < 4.78 is 34.9. The summed E-state index contributed by atoms with van der Waals surface area (Å²) in [6.07, 6.45) is 3.44. The molecule has 9 heteroatoms. The van der Waals surface area contributed by atoms with Crippen LogP contribution in [0.1, 0.15) is 18.3 Å². The van der Waals surface area contributed by atoms with Crippen molar-refractivity contribution in [2.75, 3.05) is 11.3 Å². The van der Waals surface area contributed by atoms with Gasteiger partial charge in [0.2, 0.25) is 0 Å². The molecule has 0 saturated carbocycles. The quantitative estimate of drug-likeness (QED) is 0.713. The van der Waals surface area contributed by atoms with Gasteiger partial charge in [0.25, 0.3) is 10.0 Å². The molecule has 26 heavy (non-hydrogen) atoms. The van der Waals surface area contributed by atoms with Crippen LogP contribution in [0.3, 0.4) is 0 Å². The molecule has 0 aliphatic heterocycles. The zero-order valence-electron chi connectivity index (χ0n) is 14.7. The van der Waals surface area contributed by atoms with Gasteiger partial charge in [0, 0.05) is 12.4 Å². The van der Waals surface area contributed by atoms with Crippen molar-refractivity contribution in [1.82, 2.24) is 19.7 Å². The largest absolute Gasteiger partial charge is 0.464 e. The summed E-state index contributed by atoms with van der Waals surface area (Å²) in [5, 5.41) is 4.12. The molecule has 0 fully saturated rings. The second kappa shape index (κ2) is 7.12. The van der Waals surface area contributed by atoms with Crippen molar-refractivity contribution in [3.63, 3.8) is 0 Å². The molecule has 0 radical (unpaired) electrons. The molecule has 136 valence electrons. The minimum absolute atomic E-state index is 0.140. The molecule has 2 aromatic heterocycles. The van der Waals surface area contributed by atoms with E-state index in [1.165, 1.54) is 12.1 Å². The molecule has 0 bridgehead atoms. The highest BCUT2D eigenvalue weighted by Gasteiger charge is 2.19. The molecule has 0 amide bonds. The van der Waals surface area contributed by atoms with Crippen molar-refractivity contribution in [2.24, 2.45) is 0 Å². The molecule has 0 aliphatic carbocycles. The second-order valence-corrected chi connectivity index (χ2v) is 7.22. The van der Waals surface area contributed by atoms with E-state index in [2.05, 4.69) is 19.8 Å². The zero-order valence-corrected chi connectivity index (χ0v) is 15.5. The minimum atomic E-state index is -3.77. The second-order valence-electron chi connectivity index (χ2n) is 5.54. The predicted molar refractivity (Wildman–Crippen MR) is 97.0 cm³/mol. The topological polar surface area (TPSA) is 99.0 Å². The van der Waals surface area contributed by atoms with Crippen LogP contribution >= 0.6 is 0 Å². The first kappa shape index (κ1) is 17.9. The van der Waals surface area contributed by atoms with Crippen LogP contribution in [0.4, 0.5) is 5.69 Å². The van der Waals surface area contributed by atoms with Gasteiger partial charge in [-0.1, -0.05) is 0 Å². The third kappa shape index (κ3) is 3.67. The first-order chi connectivity index (χ1) is 12.4. The molecule has 0 atom stereocenters. The zero-order chi connectivity index (χ0) is 18.7. The Hall–Kier alpha value is -2.94. The number of anilines is 1. The van der Waals surface area contributed by atoms with Crippen LogP contribution < -0.4 is 9.46 Å². The highest BCUT2D eigenvalue weighted by atomic mass is 32.2. The number of benzene rings is 1. The molecule has 1 N–H and O–H groups in total. The van der Waals surface area contributed by atoms with Gasteiger partial charge in [-0.3, -0.25) is 4.72 Å². The Morgan fingerprint density at radius 2 is 1.77 bits per heavy atom. The van der Waals surface area contributed by atoms with Gasteiger partial charge in [-0.05, 0) is 51.1 Å². The van der Waals surface area contributed by atoms with E-state index in [9.17, 15) is 8.42 Å². The van der Waals surface area contributed by atoms with Crippen LogP contribution in [0.15, 0.2) is 47.6 Å². The molecule has 3 rings (SSSR count). The number of ether oxygens (including phenoxy) is 1. The van der Waals surface area contributed by atoms with E-state index in [1.54, 1.807) is 49.1 Å². The highest BCUT2D eigenvalue weighted by Crippen LogP contribution is 2.23. The Balaban J connectivity index is 1.87. The lowest BCUT2D eigenvalue weighted by atomic mass is 10.3. The van der Waals surface area contributed by atoms with E-state index in [-0.39, 0.29) is 10.9 Å². The molecule has 0 aliphatic rings. The number of hydrogen-bond acceptors (Lipinski definition) is 6. The molecule has 2 heterocycles. The minimum Gasteiger partial charge on any atom is -0.464 e. The van der Waals surface area contributed by atoms with Crippen LogP contribution in [0, 0.1) is 13.8 Å². The number of nitrogens with one attached hydrogen (secondary N) is 1. The SMILES string of the molecule is CCOc1nc(C)c(NS(=O)(=O)c2ccc(-n3cccn3)cc2)c(C)n1. The summed E-state index contributed by atoms with van der Waals surface area (Å²) in [5.74, 6) is 0. The van der Waals surface area contributed by atoms with Crippen LogP contribution in [-0.4, -0.2) is 34.8 Å². The van der Waals surface area contributed by atoms with Gasteiger partial charge < -0.3 is 4.74 Å². The lowest BCUT2D eigenvalue weighted by Crippen LogP contribution is -2.16. The van der Waals surface area contributed by atoms with Gasteiger partial charge in [-0.15, -0.1) is 0 Å². The fourth-order valence-corrected chi connectivity index (χ4v) is 3.60. The number of rotatable bonds is 6. The molecule has 8 nitrogen and oxygen atoms in total. The van der Waals surface area contributed by atoms with Crippen LogP contribution in [0.2, 0.25) is 0 Å². The molecular formula is C17H19N5O3S. The summed E-state index contributed by atoms with van der Waals surface area (Å²) in [4.78, 5) is 8.49. The maximum absolute atomic E-state index is 12.7. The Morgan fingerprint density at radius 3 is 2.31 bits per heavy atom. The molecule has 0 saturated heterocycles. The fraction of sp³-hybridized carbons (Fsp3) is 0.235. The Morgan fingerprint density at radius 1 is 1.12 bits per heavy atom. The number of nitrogens with zero attached hydrogens (tertiary/aromatic N) is 4. The number of aryl methyl sites for hydroxylation is 2. The molecule has 3 aromatic rings. The number of hydrogen-bond donors (Lipinski definition) is 1. The summed E-state index contributed by atoms with van der Waals surface area (Å²) in [5.41, 5.74) is 2.12. The Kier molecular flexibility index (Phi) is 4.90. The first-order valence-electron chi connectivity index (χ1n) is 8.01. The van der Waals surface area contributed by atoms with Crippen molar-refractivity contribution in [2.45, 2.75) is 25.7 Å². The summed E-state index contributed by atoms with van der Waals surface area (Å²) in [7, 11) is -3.77. The summed E-state index contributed by atoms with van der Waals surface area (Å²) in [6.45, 7) is 5.68. The average Bonchev–Trinajstić information content (AvgIpc) is 3.13. The van der Waals surface area contributed by atoms with Crippen molar-refractivity contribution >= 4 is 15.7 Å². The van der Waals surface area contributed by atoms with Crippen molar-refractivity contribution in [3.05, 3.63) is 54.1 Å². The Bertz CT molecular complexity index is 976. The van der Waals surface area contributed by atoms with E-state index >= 15 is 0 Å². The normalized spacial score (nSPS) is 11.3. The standard InChI is InChI=1S/C17H19N5O3S/c1-4-25-17-19-12(2)16(13(3)20-17)21-26(23,24)15-8-6-14(7-9-15)22-11-5-10-18-22/h5-11,21H,4H2,1-3H3. The molecular weight excluding hydrogens is 354 g/mol. The summed E-state index contributed by atoms with van der Waals surface area (Å²) >= 11 is 0. The van der Waals surface area contributed by atoms with E-state index < -0.39 is 10.0 Å². The number of sulfonamides is 1. The van der Waals surface area contributed by atoms with Gasteiger partial charge in [0.15, 0.2) is 0 Å². The number of aromatic nitrogens is 4. The van der Waals surface area contributed by atoms with E-state index in [1.807, 2.05) is 6.92 Å². The smallest absolute Gasteiger partial charge is 0.316 e. The lowest BCUT2D eigenvalue weighted by Gasteiger charge is -2.13. The summed E-state index contributed by atoms with van der Waals surface area (Å²) in [6, 6.07) is 8.46. The molecule has 0 unspecified atom stereocenters. The molecule has 1 aromatic carbocycles. The average molecular weight is 373 g/mol. The maximum Gasteiger partial charge on any atom is 0.316 e. The van der Waals surface area contributed by atoms with Crippen LogP contribution in [0.25, 0.3) is 5.69 Å².